The number of carboxylic acid groups (broad SMARTS) is 1. The quantitative estimate of drug-likeness (QED) is 0.319. The molecule has 0 aromatic heterocycles. The second-order valence-electron chi connectivity index (χ2n) is 6.61. The van der Waals surface area contributed by atoms with Crippen LogP contribution in [0.4, 0.5) is 0 Å². The molecule has 5 heteroatoms. The van der Waals surface area contributed by atoms with Gasteiger partial charge >= 0.3 is 0 Å². The standard InChI is InChI=1S/C19H33N3O2/c1-3-4-5-6-7-8-9-10-11-12-13-18-21-14-15-22(18,17(2)20)16-19(23)24/h5-6,14-15,17H,3-4,7-13,16,20H2,1-2H3/b6-5+. The molecule has 1 heterocycles. The zero-order chi connectivity index (χ0) is 17.8. The van der Waals surface area contributed by atoms with E-state index < -0.39 is 5.97 Å². The molecule has 1 aliphatic heterocycles. The molecule has 136 valence electrons. The fraction of sp³-hybridized carbons (Fsp3) is 0.684. The third kappa shape index (κ3) is 6.57. The maximum atomic E-state index is 11.1. The van der Waals surface area contributed by atoms with Gasteiger partial charge in [0.25, 0.3) is 0 Å². The molecule has 0 fully saturated rings. The first-order valence-corrected chi connectivity index (χ1v) is 9.25. The van der Waals surface area contributed by atoms with Crippen LogP contribution in [-0.2, 0) is 4.79 Å². The molecule has 0 aliphatic carbocycles. The van der Waals surface area contributed by atoms with Gasteiger partial charge in [-0.1, -0.05) is 44.8 Å². The Morgan fingerprint density at radius 3 is 2.58 bits per heavy atom. The third-order valence-corrected chi connectivity index (χ3v) is 4.55. The van der Waals surface area contributed by atoms with Gasteiger partial charge in [-0.25, -0.2) is 9.48 Å². The Kier molecular flexibility index (Phi) is 9.57. The van der Waals surface area contributed by atoms with E-state index in [9.17, 15) is 9.90 Å². The summed E-state index contributed by atoms with van der Waals surface area (Å²) >= 11 is 0. The number of nitrogens with zero attached hydrogens (tertiary/aromatic N) is 2. The molecule has 0 radical (unpaired) electrons. The lowest BCUT2D eigenvalue weighted by molar-refractivity contribution is -0.808. The molecule has 5 nitrogen and oxygen atoms in total. The van der Waals surface area contributed by atoms with Crippen LogP contribution in [-0.4, -0.2) is 29.0 Å². The molecule has 0 aromatic carbocycles. The number of allylic oxidation sites excluding steroid dienone is 2. The highest BCUT2D eigenvalue weighted by Gasteiger charge is 2.38. The van der Waals surface area contributed by atoms with Crippen molar-refractivity contribution in [3.63, 3.8) is 0 Å². The van der Waals surface area contributed by atoms with E-state index in [0.29, 0.717) is 0 Å². The number of carbonyl (C=O) groups excluding carboxylic acids is 1. The van der Waals surface area contributed by atoms with Gasteiger partial charge in [0, 0.05) is 13.3 Å². The summed E-state index contributed by atoms with van der Waals surface area (Å²) < 4.78 is 0.102. The van der Waals surface area contributed by atoms with Crippen molar-refractivity contribution >= 4 is 11.8 Å². The Labute approximate surface area is 146 Å². The Bertz CT molecular complexity index is 469. The van der Waals surface area contributed by atoms with Crippen LogP contribution in [0.15, 0.2) is 29.5 Å². The van der Waals surface area contributed by atoms with Crippen LogP contribution in [0.1, 0.15) is 71.6 Å². The first-order valence-electron chi connectivity index (χ1n) is 9.25. The van der Waals surface area contributed by atoms with Crippen LogP contribution in [0.25, 0.3) is 0 Å². The van der Waals surface area contributed by atoms with Crippen molar-refractivity contribution < 1.29 is 14.4 Å². The minimum Gasteiger partial charge on any atom is -0.544 e. The lowest BCUT2D eigenvalue weighted by Crippen LogP contribution is -2.60. The molecular weight excluding hydrogens is 302 g/mol. The number of hydrogen-bond acceptors (Lipinski definition) is 4. The molecule has 24 heavy (non-hydrogen) atoms. The Morgan fingerprint density at radius 1 is 1.25 bits per heavy atom. The minimum absolute atomic E-state index is 0.102. The van der Waals surface area contributed by atoms with Gasteiger partial charge in [-0.05, 0) is 25.7 Å². The van der Waals surface area contributed by atoms with E-state index in [0.717, 1.165) is 25.1 Å². The highest BCUT2D eigenvalue weighted by atomic mass is 16.4. The summed E-state index contributed by atoms with van der Waals surface area (Å²) in [5.41, 5.74) is 6.03. The average Bonchev–Trinajstić information content (AvgIpc) is 2.92. The van der Waals surface area contributed by atoms with Gasteiger partial charge in [-0.3, -0.25) is 5.73 Å². The molecule has 2 N–H and O–H groups in total. The molecule has 0 saturated carbocycles. The maximum absolute atomic E-state index is 11.1. The van der Waals surface area contributed by atoms with Crippen molar-refractivity contribution in [3.8, 4) is 0 Å². The molecule has 1 aliphatic rings. The number of carboxylic acids is 1. The summed E-state index contributed by atoms with van der Waals surface area (Å²) in [6, 6.07) is 0. The number of quaternary nitrogens is 1. The van der Waals surface area contributed by atoms with E-state index in [2.05, 4.69) is 24.1 Å². The third-order valence-electron chi connectivity index (χ3n) is 4.55. The molecule has 1 rings (SSSR count). The minimum atomic E-state index is -1.09. The van der Waals surface area contributed by atoms with E-state index in [4.69, 9.17) is 5.73 Å². The SMILES string of the molecule is CCC/C=C/CCCCCCCC1=NC=C[N+]1(CC(=O)[O-])C(C)N. The lowest BCUT2D eigenvalue weighted by atomic mass is 10.1. The summed E-state index contributed by atoms with van der Waals surface area (Å²) in [7, 11) is 0. The Morgan fingerprint density at radius 2 is 1.92 bits per heavy atom. The van der Waals surface area contributed by atoms with Crippen molar-refractivity contribution in [2.75, 3.05) is 6.54 Å². The van der Waals surface area contributed by atoms with Gasteiger partial charge in [-0.2, -0.15) is 0 Å². The summed E-state index contributed by atoms with van der Waals surface area (Å²) in [6.07, 6.45) is 17.9. The summed E-state index contributed by atoms with van der Waals surface area (Å²) in [4.78, 5) is 15.4. The highest BCUT2D eigenvalue weighted by Crippen LogP contribution is 2.23. The van der Waals surface area contributed by atoms with Crippen LogP contribution >= 0.6 is 0 Å². The predicted octanol–water partition coefficient (Wildman–Crippen LogP) is 2.83. The number of amidine groups is 1. The van der Waals surface area contributed by atoms with Crippen molar-refractivity contribution in [2.24, 2.45) is 10.7 Å². The molecule has 0 aromatic rings. The van der Waals surface area contributed by atoms with Gasteiger partial charge < -0.3 is 9.90 Å². The van der Waals surface area contributed by atoms with E-state index in [1.807, 2.05) is 6.92 Å². The molecule has 2 unspecified atom stereocenters. The molecule has 0 saturated heterocycles. The number of aliphatic carboxylic acids is 1. The highest BCUT2D eigenvalue weighted by molar-refractivity contribution is 5.81. The van der Waals surface area contributed by atoms with Gasteiger partial charge in [0.1, 0.15) is 18.9 Å². The summed E-state index contributed by atoms with van der Waals surface area (Å²) in [5, 5.41) is 11.1. The lowest BCUT2D eigenvalue weighted by Gasteiger charge is -2.36. The van der Waals surface area contributed by atoms with E-state index in [-0.39, 0.29) is 17.2 Å². The first-order chi connectivity index (χ1) is 11.5. The number of carbonyl (C=O) groups is 1. The van der Waals surface area contributed by atoms with Gasteiger partial charge in [0.15, 0.2) is 0 Å². The fourth-order valence-corrected chi connectivity index (χ4v) is 3.05. The first kappa shape index (κ1) is 20.6. The van der Waals surface area contributed by atoms with Crippen LogP contribution < -0.4 is 10.8 Å². The second-order valence-corrected chi connectivity index (χ2v) is 6.61. The molecule has 0 bridgehead atoms. The van der Waals surface area contributed by atoms with Crippen LogP contribution in [0.5, 0.6) is 0 Å². The largest absolute Gasteiger partial charge is 0.544 e. The molecule has 2 atom stereocenters. The van der Waals surface area contributed by atoms with Crippen molar-refractivity contribution in [3.05, 3.63) is 24.6 Å². The van der Waals surface area contributed by atoms with Gasteiger partial charge in [0.2, 0.25) is 5.84 Å². The second kappa shape index (κ2) is 11.2. The smallest absolute Gasteiger partial charge is 0.209 e. The predicted molar refractivity (Wildman–Crippen MR) is 96.7 cm³/mol. The zero-order valence-electron chi connectivity index (χ0n) is 15.2. The molecule has 0 spiro atoms. The number of nitrogens with two attached hydrogens (primary N) is 1. The van der Waals surface area contributed by atoms with Crippen LogP contribution in [0.2, 0.25) is 0 Å². The average molecular weight is 335 g/mol. The monoisotopic (exact) mass is 335 g/mol. The van der Waals surface area contributed by atoms with Crippen molar-refractivity contribution in [1.82, 2.24) is 0 Å². The summed E-state index contributed by atoms with van der Waals surface area (Å²) in [6.45, 7) is 3.87. The van der Waals surface area contributed by atoms with E-state index in [1.165, 1.54) is 38.5 Å². The van der Waals surface area contributed by atoms with Crippen LogP contribution in [0.3, 0.4) is 0 Å². The fourth-order valence-electron chi connectivity index (χ4n) is 3.05. The Hall–Kier alpha value is -1.46. The van der Waals surface area contributed by atoms with Crippen molar-refractivity contribution in [1.29, 1.82) is 0 Å². The number of hydrogen-bond donors (Lipinski definition) is 1. The number of unbranched alkanes of at least 4 members (excludes halogenated alkanes) is 6. The van der Waals surface area contributed by atoms with Gasteiger partial charge in [0.05, 0.1) is 12.2 Å². The maximum Gasteiger partial charge on any atom is 0.209 e. The van der Waals surface area contributed by atoms with Crippen molar-refractivity contribution in [2.45, 2.75) is 77.8 Å². The number of aliphatic imine (C=N–C) groups is 1. The Balaban J connectivity index is 2.26. The van der Waals surface area contributed by atoms with Crippen LogP contribution in [0, 0.1) is 0 Å². The number of rotatable bonds is 13. The molecular formula is C19H33N3O2. The van der Waals surface area contributed by atoms with E-state index >= 15 is 0 Å². The zero-order valence-corrected chi connectivity index (χ0v) is 15.2. The topological polar surface area (TPSA) is 78.5 Å². The van der Waals surface area contributed by atoms with E-state index in [1.54, 1.807) is 12.4 Å². The summed E-state index contributed by atoms with van der Waals surface area (Å²) in [5.74, 6) is -0.251. The van der Waals surface area contributed by atoms with Gasteiger partial charge in [-0.15, -0.1) is 0 Å². The normalized spacial score (nSPS) is 21.4. The molecule has 0 amide bonds.